The Morgan fingerprint density at radius 3 is 2.48 bits per heavy atom. The fourth-order valence-electron chi connectivity index (χ4n) is 1.72. The number of nitrogens with one attached hydrogen (secondary N) is 2. The Labute approximate surface area is 125 Å². The highest BCUT2D eigenvalue weighted by Crippen LogP contribution is 2.21. The second-order valence-corrected chi connectivity index (χ2v) is 5.78. The van der Waals surface area contributed by atoms with Crippen LogP contribution in [-0.2, 0) is 0 Å². The maximum Gasteiger partial charge on any atom is 0.336 e. The van der Waals surface area contributed by atoms with E-state index in [4.69, 9.17) is 5.11 Å². The number of anilines is 2. The van der Waals surface area contributed by atoms with Gasteiger partial charge in [0.15, 0.2) is 5.13 Å². The predicted octanol–water partition coefficient (Wildman–Crippen LogP) is 3.41. The lowest BCUT2D eigenvalue weighted by Crippen LogP contribution is -2.19. The Hall–Kier alpha value is -2.41. The summed E-state index contributed by atoms with van der Waals surface area (Å²) in [6, 6.07) is 4.27. The summed E-state index contributed by atoms with van der Waals surface area (Å²) >= 11 is 1.39. The van der Waals surface area contributed by atoms with Crippen molar-refractivity contribution in [2.24, 2.45) is 0 Å². The number of urea groups is 1. The summed E-state index contributed by atoms with van der Waals surface area (Å²) in [6.45, 7) is 5.50. The molecule has 1 aromatic heterocycles. The number of hydrogen-bond acceptors (Lipinski definition) is 4. The van der Waals surface area contributed by atoms with Gasteiger partial charge in [0, 0.05) is 10.6 Å². The zero-order valence-corrected chi connectivity index (χ0v) is 12.7. The number of aromatic nitrogens is 1. The fraction of sp³-hybridized carbons (Fsp3) is 0.214. The zero-order valence-electron chi connectivity index (χ0n) is 11.9. The van der Waals surface area contributed by atoms with Crippen LogP contribution in [0.2, 0.25) is 0 Å². The molecule has 3 N–H and O–H groups in total. The Balaban J connectivity index is 2.09. The van der Waals surface area contributed by atoms with Gasteiger partial charge in [-0.15, -0.1) is 11.3 Å². The number of rotatable bonds is 3. The monoisotopic (exact) mass is 305 g/mol. The smallest absolute Gasteiger partial charge is 0.336 e. The van der Waals surface area contributed by atoms with Crippen LogP contribution in [0.15, 0.2) is 18.2 Å². The lowest BCUT2D eigenvalue weighted by molar-refractivity contribution is 0.0696. The molecule has 0 aliphatic heterocycles. The third-order valence-electron chi connectivity index (χ3n) is 2.97. The molecule has 0 radical (unpaired) electrons. The number of nitrogens with zero attached hydrogens (tertiary/aromatic N) is 1. The third kappa shape index (κ3) is 3.57. The average Bonchev–Trinajstić information content (AvgIpc) is 2.70. The normalized spacial score (nSPS) is 10.2. The van der Waals surface area contributed by atoms with Gasteiger partial charge in [-0.3, -0.25) is 5.32 Å². The Morgan fingerprint density at radius 1 is 1.19 bits per heavy atom. The minimum atomic E-state index is -1.03. The van der Waals surface area contributed by atoms with Crippen molar-refractivity contribution in [2.75, 3.05) is 10.6 Å². The largest absolute Gasteiger partial charge is 0.478 e. The van der Waals surface area contributed by atoms with Gasteiger partial charge in [0.05, 0.1) is 11.3 Å². The van der Waals surface area contributed by atoms with Crippen LogP contribution in [-0.4, -0.2) is 22.1 Å². The van der Waals surface area contributed by atoms with E-state index >= 15 is 0 Å². The van der Waals surface area contributed by atoms with E-state index in [9.17, 15) is 9.59 Å². The van der Waals surface area contributed by atoms with Crippen LogP contribution >= 0.6 is 11.3 Å². The number of aromatic carboxylic acids is 1. The number of carboxylic acid groups (broad SMARTS) is 1. The van der Waals surface area contributed by atoms with Crippen molar-refractivity contribution in [3.8, 4) is 0 Å². The number of carboxylic acids is 1. The molecule has 110 valence electrons. The van der Waals surface area contributed by atoms with Crippen LogP contribution in [0.5, 0.6) is 0 Å². The zero-order chi connectivity index (χ0) is 15.6. The number of carbonyl (C=O) groups is 2. The van der Waals surface area contributed by atoms with Crippen molar-refractivity contribution in [3.05, 3.63) is 39.9 Å². The number of hydrogen-bond donors (Lipinski definition) is 3. The molecule has 0 unspecified atom stereocenters. The van der Waals surface area contributed by atoms with Gasteiger partial charge in [-0.05, 0) is 38.5 Å². The van der Waals surface area contributed by atoms with Gasteiger partial charge >= 0.3 is 12.0 Å². The van der Waals surface area contributed by atoms with Gasteiger partial charge in [0.1, 0.15) is 0 Å². The summed E-state index contributed by atoms with van der Waals surface area (Å²) in [6.07, 6.45) is 0. The third-order valence-corrected chi connectivity index (χ3v) is 3.96. The van der Waals surface area contributed by atoms with Crippen LogP contribution in [0.25, 0.3) is 0 Å². The summed E-state index contributed by atoms with van der Waals surface area (Å²) in [5.74, 6) is -1.03. The highest BCUT2D eigenvalue weighted by Gasteiger charge is 2.11. The molecule has 2 amide bonds. The molecule has 0 aliphatic rings. The molecule has 0 aliphatic carbocycles. The molecule has 2 aromatic rings. The number of thiazole rings is 1. The van der Waals surface area contributed by atoms with Crippen molar-refractivity contribution in [2.45, 2.75) is 20.8 Å². The minimum Gasteiger partial charge on any atom is -0.478 e. The van der Waals surface area contributed by atoms with Gasteiger partial charge in [-0.25, -0.2) is 14.6 Å². The molecule has 1 heterocycles. The summed E-state index contributed by atoms with van der Waals surface area (Å²) in [5, 5.41) is 14.8. The van der Waals surface area contributed by atoms with E-state index in [1.165, 1.54) is 17.4 Å². The van der Waals surface area contributed by atoms with E-state index in [2.05, 4.69) is 15.6 Å². The maximum atomic E-state index is 11.9. The lowest BCUT2D eigenvalue weighted by atomic mass is 10.1. The number of amides is 2. The molecule has 0 saturated carbocycles. The van der Waals surface area contributed by atoms with E-state index in [-0.39, 0.29) is 5.56 Å². The van der Waals surface area contributed by atoms with Crippen LogP contribution in [0, 0.1) is 20.8 Å². The second kappa shape index (κ2) is 5.92. The van der Waals surface area contributed by atoms with Gasteiger partial charge in [-0.2, -0.15) is 0 Å². The molecule has 0 spiro atoms. The standard InChI is InChI=1S/C14H15N3O3S/c1-7-4-5-10(6-11(7)12(18)19)16-13(20)17-14-15-8(2)9(3)21-14/h4-6H,1-3H3,(H,18,19)(H2,15,16,17,20). The topological polar surface area (TPSA) is 91.3 Å². The van der Waals surface area contributed by atoms with Gasteiger partial charge in [-0.1, -0.05) is 6.07 Å². The van der Waals surface area contributed by atoms with Gasteiger partial charge in [0.25, 0.3) is 0 Å². The molecule has 0 bridgehead atoms. The first kappa shape index (κ1) is 15.0. The van der Waals surface area contributed by atoms with E-state index < -0.39 is 12.0 Å². The van der Waals surface area contributed by atoms with Crippen LogP contribution in [0.3, 0.4) is 0 Å². The summed E-state index contributed by atoms with van der Waals surface area (Å²) in [5.41, 5.74) is 2.09. The molecular weight excluding hydrogens is 290 g/mol. The number of carbonyl (C=O) groups excluding carboxylic acids is 1. The molecule has 0 saturated heterocycles. The molecule has 0 atom stereocenters. The summed E-state index contributed by atoms with van der Waals surface area (Å²) in [7, 11) is 0. The van der Waals surface area contributed by atoms with Crippen molar-refractivity contribution < 1.29 is 14.7 Å². The van der Waals surface area contributed by atoms with Crippen molar-refractivity contribution in [1.29, 1.82) is 0 Å². The number of aryl methyl sites for hydroxylation is 3. The molecule has 2 rings (SSSR count). The van der Waals surface area contributed by atoms with Crippen molar-refractivity contribution >= 4 is 34.2 Å². The Morgan fingerprint density at radius 2 is 1.90 bits per heavy atom. The van der Waals surface area contributed by atoms with Crippen LogP contribution in [0.4, 0.5) is 15.6 Å². The van der Waals surface area contributed by atoms with Gasteiger partial charge in [0.2, 0.25) is 0 Å². The highest BCUT2D eigenvalue weighted by molar-refractivity contribution is 7.15. The van der Waals surface area contributed by atoms with E-state index in [0.29, 0.717) is 16.4 Å². The van der Waals surface area contributed by atoms with Crippen LogP contribution < -0.4 is 10.6 Å². The molecular formula is C14H15N3O3S. The first-order valence-electron chi connectivity index (χ1n) is 6.23. The fourth-order valence-corrected chi connectivity index (χ4v) is 2.53. The van der Waals surface area contributed by atoms with E-state index in [1.807, 2.05) is 13.8 Å². The Kier molecular flexibility index (Phi) is 4.23. The molecule has 1 aromatic carbocycles. The lowest BCUT2D eigenvalue weighted by Gasteiger charge is -2.07. The Bertz CT molecular complexity index is 690. The van der Waals surface area contributed by atoms with Crippen molar-refractivity contribution in [3.63, 3.8) is 0 Å². The number of benzene rings is 1. The maximum absolute atomic E-state index is 11.9. The van der Waals surface area contributed by atoms with E-state index in [0.717, 1.165) is 10.6 Å². The quantitative estimate of drug-likeness (QED) is 0.810. The SMILES string of the molecule is Cc1ccc(NC(=O)Nc2nc(C)c(C)s2)cc1C(=O)O. The highest BCUT2D eigenvalue weighted by atomic mass is 32.1. The van der Waals surface area contributed by atoms with E-state index in [1.54, 1.807) is 19.1 Å². The molecule has 0 fully saturated rings. The minimum absolute atomic E-state index is 0.161. The molecule has 21 heavy (non-hydrogen) atoms. The summed E-state index contributed by atoms with van der Waals surface area (Å²) < 4.78 is 0. The average molecular weight is 305 g/mol. The second-order valence-electron chi connectivity index (χ2n) is 4.57. The molecule has 7 heteroatoms. The first-order chi connectivity index (χ1) is 9.86. The summed E-state index contributed by atoms with van der Waals surface area (Å²) in [4.78, 5) is 28.2. The predicted molar refractivity (Wildman–Crippen MR) is 82.4 cm³/mol. The first-order valence-corrected chi connectivity index (χ1v) is 7.04. The van der Waals surface area contributed by atoms with Crippen molar-refractivity contribution in [1.82, 2.24) is 4.98 Å². The van der Waals surface area contributed by atoms with Gasteiger partial charge < -0.3 is 10.4 Å². The van der Waals surface area contributed by atoms with Crippen LogP contribution in [0.1, 0.15) is 26.5 Å². The molecule has 6 nitrogen and oxygen atoms in total.